The van der Waals surface area contributed by atoms with Crippen molar-refractivity contribution >= 4 is 34.7 Å². The van der Waals surface area contributed by atoms with Crippen molar-refractivity contribution in [3.8, 4) is 0 Å². The zero-order valence-corrected chi connectivity index (χ0v) is 13.6. The molecule has 0 aliphatic rings. The van der Waals surface area contributed by atoms with Crippen LogP contribution >= 0.6 is 34.7 Å². The Bertz CT molecular complexity index is 533. The molecule has 2 nitrogen and oxygen atoms in total. The first kappa shape index (κ1) is 14.9. The van der Waals surface area contributed by atoms with Gasteiger partial charge in [-0.25, -0.2) is 4.98 Å². The summed E-state index contributed by atoms with van der Waals surface area (Å²) in [7, 11) is 0. The van der Waals surface area contributed by atoms with Gasteiger partial charge in [0.2, 0.25) is 0 Å². The molecule has 2 rings (SSSR count). The van der Waals surface area contributed by atoms with E-state index in [-0.39, 0.29) is 5.54 Å². The van der Waals surface area contributed by atoms with Gasteiger partial charge in [0.05, 0.1) is 0 Å². The lowest BCUT2D eigenvalue weighted by Crippen LogP contribution is -2.35. The van der Waals surface area contributed by atoms with Crippen molar-refractivity contribution in [1.29, 1.82) is 0 Å². The Kier molecular flexibility index (Phi) is 4.90. The number of nitrogens with zero attached hydrogens (tertiary/aromatic N) is 1. The Morgan fingerprint density at radius 3 is 2.79 bits per heavy atom. The molecule has 0 bridgehead atoms. The first-order valence-electron chi connectivity index (χ1n) is 6.05. The highest BCUT2D eigenvalue weighted by Gasteiger charge is 2.14. The van der Waals surface area contributed by atoms with E-state index in [0.29, 0.717) is 0 Å². The summed E-state index contributed by atoms with van der Waals surface area (Å²) in [5, 5.41) is 6.27. The fourth-order valence-electron chi connectivity index (χ4n) is 1.51. The summed E-state index contributed by atoms with van der Waals surface area (Å²) in [6.45, 7) is 7.21. The van der Waals surface area contributed by atoms with Crippen LogP contribution in [-0.4, -0.2) is 10.5 Å². The smallest absolute Gasteiger partial charge is 0.154 e. The molecule has 0 unspecified atom stereocenters. The normalized spacial score (nSPS) is 11.8. The maximum Gasteiger partial charge on any atom is 0.154 e. The second-order valence-corrected chi connectivity index (χ2v) is 7.81. The highest BCUT2D eigenvalue weighted by atomic mass is 35.5. The zero-order valence-electron chi connectivity index (χ0n) is 11.2. The summed E-state index contributed by atoms with van der Waals surface area (Å²) in [4.78, 5) is 5.48. The van der Waals surface area contributed by atoms with Crippen molar-refractivity contribution in [1.82, 2.24) is 10.3 Å². The van der Waals surface area contributed by atoms with Crippen molar-refractivity contribution in [3.63, 3.8) is 0 Å². The van der Waals surface area contributed by atoms with Crippen LogP contribution in [-0.2, 0) is 6.54 Å². The van der Waals surface area contributed by atoms with E-state index in [1.54, 1.807) is 23.1 Å². The van der Waals surface area contributed by atoms with Crippen LogP contribution in [0.4, 0.5) is 0 Å². The molecule has 1 aromatic carbocycles. The van der Waals surface area contributed by atoms with Crippen LogP contribution in [0.2, 0.25) is 5.02 Å². The van der Waals surface area contributed by atoms with Gasteiger partial charge in [-0.2, -0.15) is 0 Å². The molecule has 2 aromatic rings. The Labute approximate surface area is 127 Å². The molecular weight excluding hydrogens is 296 g/mol. The average Bonchev–Trinajstić information content (AvgIpc) is 2.79. The van der Waals surface area contributed by atoms with Crippen LogP contribution < -0.4 is 5.32 Å². The van der Waals surface area contributed by atoms with Gasteiger partial charge in [0.15, 0.2) is 4.34 Å². The summed E-state index contributed by atoms with van der Waals surface area (Å²) in [6.07, 6.45) is 1.82. The molecule has 0 saturated carbocycles. The van der Waals surface area contributed by atoms with Crippen molar-refractivity contribution in [3.05, 3.63) is 40.4 Å². The standard InChI is InChI=1S/C14H17ClN2S2/c1-14(2,3)17-9-10-11(15)5-4-6-12(10)19-13-16-7-8-18-13/h4-8,17H,9H2,1-3H3. The quantitative estimate of drug-likeness (QED) is 0.874. The summed E-state index contributed by atoms with van der Waals surface area (Å²) in [5.41, 5.74) is 1.21. The Morgan fingerprint density at radius 2 is 2.16 bits per heavy atom. The van der Waals surface area contributed by atoms with Gasteiger partial charge in [-0.05, 0) is 38.5 Å². The molecule has 0 spiro atoms. The third-order valence-corrected chi connectivity index (χ3v) is 4.82. The molecule has 1 N–H and O–H groups in total. The van der Waals surface area contributed by atoms with E-state index in [2.05, 4.69) is 37.1 Å². The highest BCUT2D eigenvalue weighted by molar-refractivity contribution is 8.01. The molecule has 19 heavy (non-hydrogen) atoms. The first-order valence-corrected chi connectivity index (χ1v) is 8.13. The number of aromatic nitrogens is 1. The van der Waals surface area contributed by atoms with Gasteiger partial charge < -0.3 is 5.32 Å². The Hall–Kier alpha value is -0.550. The van der Waals surface area contributed by atoms with Gasteiger partial charge in [0, 0.05) is 33.6 Å². The average molecular weight is 313 g/mol. The van der Waals surface area contributed by atoms with E-state index < -0.39 is 0 Å². The SMILES string of the molecule is CC(C)(C)NCc1c(Cl)cccc1Sc1nccs1. The van der Waals surface area contributed by atoms with Gasteiger partial charge in [0.1, 0.15) is 0 Å². The van der Waals surface area contributed by atoms with E-state index in [4.69, 9.17) is 11.6 Å². The van der Waals surface area contributed by atoms with Gasteiger partial charge in [-0.3, -0.25) is 0 Å². The van der Waals surface area contributed by atoms with Gasteiger partial charge in [-0.1, -0.05) is 29.4 Å². The van der Waals surface area contributed by atoms with E-state index in [1.807, 2.05) is 23.7 Å². The van der Waals surface area contributed by atoms with Gasteiger partial charge >= 0.3 is 0 Å². The van der Waals surface area contributed by atoms with E-state index >= 15 is 0 Å². The van der Waals surface area contributed by atoms with Crippen molar-refractivity contribution in [2.24, 2.45) is 0 Å². The van der Waals surface area contributed by atoms with E-state index in [1.165, 1.54) is 4.90 Å². The lowest BCUT2D eigenvalue weighted by Gasteiger charge is -2.22. The maximum absolute atomic E-state index is 6.33. The first-order chi connectivity index (χ1) is 8.96. The summed E-state index contributed by atoms with van der Waals surface area (Å²) < 4.78 is 1.04. The molecule has 0 aliphatic carbocycles. The van der Waals surface area contributed by atoms with Gasteiger partial charge in [0.25, 0.3) is 0 Å². The molecule has 1 aromatic heterocycles. The van der Waals surface area contributed by atoms with E-state index in [0.717, 1.165) is 21.5 Å². The molecule has 102 valence electrons. The summed E-state index contributed by atoms with van der Waals surface area (Å²) >= 11 is 9.64. The predicted octanol–water partition coefficient (Wildman–Crippen LogP) is 4.84. The monoisotopic (exact) mass is 312 g/mol. The third-order valence-electron chi connectivity index (χ3n) is 2.48. The van der Waals surface area contributed by atoms with Crippen LogP contribution in [0.1, 0.15) is 26.3 Å². The lowest BCUT2D eigenvalue weighted by atomic mass is 10.1. The topological polar surface area (TPSA) is 24.9 Å². The van der Waals surface area contributed by atoms with Crippen LogP contribution in [0.25, 0.3) is 0 Å². The zero-order chi connectivity index (χ0) is 13.9. The Balaban J connectivity index is 2.20. The number of hydrogen-bond donors (Lipinski definition) is 1. The minimum absolute atomic E-state index is 0.0717. The van der Waals surface area contributed by atoms with Crippen LogP contribution in [0, 0.1) is 0 Å². The minimum Gasteiger partial charge on any atom is -0.308 e. The van der Waals surface area contributed by atoms with Crippen molar-refractivity contribution in [2.75, 3.05) is 0 Å². The minimum atomic E-state index is 0.0717. The number of hydrogen-bond acceptors (Lipinski definition) is 4. The lowest BCUT2D eigenvalue weighted by molar-refractivity contribution is 0.422. The molecule has 0 radical (unpaired) electrons. The van der Waals surface area contributed by atoms with E-state index in [9.17, 15) is 0 Å². The number of rotatable bonds is 4. The molecule has 0 amide bonds. The van der Waals surface area contributed by atoms with Crippen LogP contribution in [0.5, 0.6) is 0 Å². The third kappa shape index (κ3) is 4.49. The molecule has 0 aliphatic heterocycles. The van der Waals surface area contributed by atoms with Crippen LogP contribution in [0.3, 0.4) is 0 Å². The molecule has 0 atom stereocenters. The molecule has 0 saturated heterocycles. The summed E-state index contributed by atoms with van der Waals surface area (Å²) in [5.74, 6) is 0. The van der Waals surface area contributed by atoms with Gasteiger partial charge in [-0.15, -0.1) is 11.3 Å². The van der Waals surface area contributed by atoms with Crippen molar-refractivity contribution < 1.29 is 0 Å². The fraction of sp³-hybridized carbons (Fsp3) is 0.357. The Morgan fingerprint density at radius 1 is 1.37 bits per heavy atom. The summed E-state index contributed by atoms with van der Waals surface area (Å²) in [6, 6.07) is 6.02. The van der Waals surface area contributed by atoms with Crippen molar-refractivity contribution in [2.45, 2.75) is 42.1 Å². The number of nitrogens with one attached hydrogen (secondary N) is 1. The second-order valence-electron chi connectivity index (χ2n) is 5.22. The second kappa shape index (κ2) is 6.27. The number of benzene rings is 1. The largest absolute Gasteiger partial charge is 0.308 e. The molecular formula is C14H17ClN2S2. The molecule has 5 heteroatoms. The van der Waals surface area contributed by atoms with Crippen LogP contribution in [0.15, 0.2) is 39.0 Å². The fourth-order valence-corrected chi connectivity index (χ4v) is 3.55. The molecule has 0 fully saturated rings. The highest BCUT2D eigenvalue weighted by Crippen LogP contribution is 2.34. The maximum atomic E-state index is 6.33. The predicted molar refractivity (Wildman–Crippen MR) is 84.3 cm³/mol. The molecule has 1 heterocycles. The number of thiazole rings is 1. The number of halogens is 1.